The Balaban J connectivity index is 1.29. The molecule has 1 nitrogen and oxygen atoms in total. The van der Waals surface area contributed by atoms with Crippen LogP contribution in [0.5, 0.6) is 0 Å². The lowest BCUT2D eigenvalue weighted by atomic mass is 9.99. The summed E-state index contributed by atoms with van der Waals surface area (Å²) in [6, 6.07) is 0. The van der Waals surface area contributed by atoms with Crippen molar-refractivity contribution in [3.05, 3.63) is 12.3 Å². The summed E-state index contributed by atoms with van der Waals surface area (Å²) in [6.07, 6.45) is 40.0. The van der Waals surface area contributed by atoms with Crippen molar-refractivity contribution in [2.24, 2.45) is 4.99 Å². The van der Waals surface area contributed by atoms with Gasteiger partial charge >= 0.3 is 0 Å². The molecule has 0 aromatic carbocycles. The van der Waals surface area contributed by atoms with Crippen LogP contribution in [0.25, 0.3) is 0 Å². The molecule has 0 N–H and O–H groups in total. The number of allylic oxidation sites excluding steroid dienone is 1. The lowest BCUT2D eigenvalue weighted by Gasteiger charge is -2.38. The average Bonchev–Trinajstić information content (AvgIpc) is 2.88. The Labute approximate surface area is 202 Å². The lowest BCUT2D eigenvalue weighted by molar-refractivity contribution is 0.485. The molecule has 182 valence electrons. The molecule has 0 bridgehead atoms. The third kappa shape index (κ3) is 7.91. The van der Waals surface area contributed by atoms with Crippen molar-refractivity contribution in [1.29, 1.82) is 0 Å². The molecule has 32 heavy (non-hydrogen) atoms. The SMILES string of the molecule is C(=CN=CCP(C1CCCCC1)C1CCCCC1)CP(C1CCCCC1)C1CCCCC1. The Bertz CT molecular complexity index is 464. The van der Waals surface area contributed by atoms with E-state index in [1.165, 1.54) is 141 Å². The van der Waals surface area contributed by atoms with Gasteiger partial charge in [-0.3, -0.25) is 4.99 Å². The predicted octanol–water partition coefficient (Wildman–Crippen LogP) is 9.87. The number of hydrogen-bond acceptors (Lipinski definition) is 1. The van der Waals surface area contributed by atoms with E-state index in [1.54, 1.807) is 0 Å². The molecule has 0 radical (unpaired) electrons. The fourth-order valence-corrected chi connectivity index (χ4v) is 14.4. The molecule has 0 aromatic heterocycles. The monoisotopic (exact) mass is 475 g/mol. The fraction of sp³-hybridized carbons (Fsp3) is 0.897. The van der Waals surface area contributed by atoms with E-state index in [0.29, 0.717) is 0 Å². The summed E-state index contributed by atoms with van der Waals surface area (Å²) in [4.78, 5) is 4.88. The first-order valence-corrected chi connectivity index (χ1v) is 17.9. The van der Waals surface area contributed by atoms with Gasteiger partial charge in [-0.25, -0.2) is 0 Å². The Morgan fingerprint density at radius 2 is 0.812 bits per heavy atom. The van der Waals surface area contributed by atoms with Crippen molar-refractivity contribution < 1.29 is 0 Å². The Morgan fingerprint density at radius 3 is 1.19 bits per heavy atom. The predicted molar refractivity (Wildman–Crippen MR) is 149 cm³/mol. The fourth-order valence-electron chi connectivity index (χ4n) is 7.28. The molecule has 0 aromatic rings. The summed E-state index contributed by atoms with van der Waals surface area (Å²) in [7, 11) is 0.362. The Morgan fingerprint density at radius 1 is 0.469 bits per heavy atom. The van der Waals surface area contributed by atoms with Crippen molar-refractivity contribution in [1.82, 2.24) is 0 Å². The van der Waals surface area contributed by atoms with Crippen LogP contribution in [0, 0.1) is 0 Å². The molecule has 0 unspecified atom stereocenters. The van der Waals surface area contributed by atoms with E-state index in [2.05, 4.69) is 18.5 Å². The minimum absolute atomic E-state index is 0.170. The zero-order valence-corrected chi connectivity index (χ0v) is 22.7. The number of rotatable bonds is 9. The smallest absolute Gasteiger partial charge is 0.0227 e. The summed E-state index contributed by atoms with van der Waals surface area (Å²) >= 11 is 0. The van der Waals surface area contributed by atoms with Crippen LogP contribution < -0.4 is 0 Å². The highest BCUT2D eigenvalue weighted by molar-refractivity contribution is 7.60. The molecule has 0 atom stereocenters. The molecule has 4 rings (SSSR count). The highest BCUT2D eigenvalue weighted by atomic mass is 31.1. The van der Waals surface area contributed by atoms with Crippen molar-refractivity contribution in [3.63, 3.8) is 0 Å². The summed E-state index contributed by atoms with van der Waals surface area (Å²) in [5.41, 5.74) is 4.26. The minimum Gasteiger partial charge on any atom is -0.269 e. The molecular formula is C29H51NP2. The van der Waals surface area contributed by atoms with E-state index in [1.807, 2.05) is 0 Å². The molecule has 4 aliphatic carbocycles. The van der Waals surface area contributed by atoms with Crippen molar-refractivity contribution >= 4 is 22.1 Å². The molecule has 0 saturated heterocycles. The normalized spacial score (nSPS) is 26.2. The second-order valence-electron chi connectivity index (χ2n) is 11.3. The molecule has 0 aliphatic heterocycles. The summed E-state index contributed by atoms with van der Waals surface area (Å²) in [5, 5.41) is 0. The van der Waals surface area contributed by atoms with Crippen LogP contribution >= 0.6 is 15.8 Å². The second-order valence-corrected chi connectivity index (χ2v) is 17.0. The molecular weight excluding hydrogens is 424 g/mol. The van der Waals surface area contributed by atoms with Crippen molar-refractivity contribution in [3.8, 4) is 0 Å². The first kappa shape index (κ1) is 25.4. The molecule has 0 spiro atoms. The summed E-state index contributed by atoms with van der Waals surface area (Å²) in [5.74, 6) is 0. The van der Waals surface area contributed by atoms with Crippen LogP contribution in [0.3, 0.4) is 0 Å². The van der Waals surface area contributed by atoms with Crippen LogP contribution in [-0.2, 0) is 0 Å². The van der Waals surface area contributed by atoms with Crippen LogP contribution in [0.15, 0.2) is 17.3 Å². The number of nitrogens with zero attached hydrogens (tertiary/aromatic N) is 1. The maximum Gasteiger partial charge on any atom is 0.0227 e. The largest absolute Gasteiger partial charge is 0.269 e. The first-order valence-electron chi connectivity index (χ1n) is 14.6. The molecule has 4 aliphatic rings. The minimum atomic E-state index is 0.170. The Hall–Kier alpha value is 0.270. The highest BCUT2D eigenvalue weighted by Crippen LogP contribution is 2.56. The highest BCUT2D eigenvalue weighted by Gasteiger charge is 2.31. The molecule has 3 heteroatoms. The van der Waals surface area contributed by atoms with Gasteiger partial charge in [-0.2, -0.15) is 0 Å². The zero-order valence-electron chi connectivity index (χ0n) is 20.9. The quantitative estimate of drug-likeness (QED) is 0.232. The first-order chi connectivity index (χ1) is 15.9. The van der Waals surface area contributed by atoms with E-state index in [0.717, 1.165) is 22.6 Å². The Kier molecular flexibility index (Phi) is 11.6. The third-order valence-electron chi connectivity index (χ3n) is 9.08. The molecule has 0 heterocycles. The zero-order chi connectivity index (χ0) is 21.8. The van der Waals surface area contributed by atoms with Gasteiger partial charge < -0.3 is 0 Å². The van der Waals surface area contributed by atoms with E-state index in [9.17, 15) is 0 Å². The topological polar surface area (TPSA) is 12.4 Å². The maximum atomic E-state index is 4.88. The van der Waals surface area contributed by atoms with Crippen molar-refractivity contribution in [2.45, 2.75) is 151 Å². The van der Waals surface area contributed by atoms with Crippen LogP contribution in [0.1, 0.15) is 128 Å². The van der Waals surface area contributed by atoms with Gasteiger partial charge in [0.1, 0.15) is 0 Å². The van der Waals surface area contributed by atoms with Gasteiger partial charge in [-0.05, 0) is 80.2 Å². The molecule has 4 fully saturated rings. The van der Waals surface area contributed by atoms with Gasteiger partial charge in [0.15, 0.2) is 0 Å². The van der Waals surface area contributed by atoms with Crippen molar-refractivity contribution in [2.75, 3.05) is 12.3 Å². The number of hydrogen-bond donors (Lipinski definition) is 0. The van der Waals surface area contributed by atoms with Crippen LogP contribution in [0.4, 0.5) is 0 Å². The van der Waals surface area contributed by atoms with Gasteiger partial charge in [-0.15, -0.1) is 0 Å². The standard InChI is InChI=1S/C29H51NP2/c1-5-14-26(15-6-1)31(27-16-7-2-8-17-27)24-13-22-30-23-25-32(28-18-9-3-10-19-28)29-20-11-4-12-21-29/h13,22-23,26-29H,1-12,14-21,24-25H2. The van der Waals surface area contributed by atoms with E-state index >= 15 is 0 Å². The van der Waals surface area contributed by atoms with Gasteiger partial charge in [0.2, 0.25) is 0 Å². The van der Waals surface area contributed by atoms with Gasteiger partial charge in [0.25, 0.3) is 0 Å². The number of aliphatic imine (C=N–C) groups is 1. The van der Waals surface area contributed by atoms with Gasteiger partial charge in [0, 0.05) is 18.6 Å². The average molecular weight is 476 g/mol. The van der Waals surface area contributed by atoms with Crippen LogP contribution in [-0.4, -0.2) is 41.2 Å². The molecule has 4 saturated carbocycles. The molecule has 0 amide bonds. The lowest BCUT2D eigenvalue weighted by Crippen LogP contribution is -2.22. The summed E-state index contributed by atoms with van der Waals surface area (Å²) < 4.78 is 0. The maximum absolute atomic E-state index is 4.88. The van der Waals surface area contributed by atoms with E-state index < -0.39 is 0 Å². The third-order valence-corrected chi connectivity index (χ3v) is 16.1. The van der Waals surface area contributed by atoms with Gasteiger partial charge in [0.05, 0.1) is 0 Å². The van der Waals surface area contributed by atoms with Crippen LogP contribution in [0.2, 0.25) is 0 Å². The summed E-state index contributed by atoms with van der Waals surface area (Å²) in [6.45, 7) is 0. The van der Waals surface area contributed by atoms with E-state index in [-0.39, 0.29) is 15.8 Å². The second kappa shape index (κ2) is 14.6. The van der Waals surface area contributed by atoms with Gasteiger partial charge in [-0.1, -0.05) is 99.0 Å². The van der Waals surface area contributed by atoms with E-state index in [4.69, 9.17) is 4.99 Å².